The number of pyridine rings is 2. The van der Waals surface area contributed by atoms with E-state index >= 15 is 0 Å². The fourth-order valence-corrected chi connectivity index (χ4v) is 4.08. The number of carbonyl (C=O) groups is 1. The minimum absolute atomic E-state index is 0.185. The average Bonchev–Trinajstić information content (AvgIpc) is 2.85. The highest BCUT2D eigenvalue weighted by Crippen LogP contribution is 2.33. The Morgan fingerprint density at radius 3 is 2.54 bits per heavy atom. The Bertz CT molecular complexity index is 1310. The molecule has 9 heteroatoms. The smallest absolute Gasteiger partial charge is 0.369 e. The molecular formula is C26H22F4N4O. The second-order valence-corrected chi connectivity index (χ2v) is 8.31. The minimum atomic E-state index is -4.64. The fraction of sp³-hybridized carbons (Fsp3) is 0.269. The number of hydrogen-bond donors (Lipinski definition) is 1. The van der Waals surface area contributed by atoms with E-state index in [-0.39, 0.29) is 5.69 Å². The zero-order valence-corrected chi connectivity index (χ0v) is 18.9. The number of piperidine rings is 1. The highest BCUT2D eigenvalue weighted by atomic mass is 19.4. The second kappa shape index (κ2) is 9.74. The molecule has 1 fully saturated rings. The first-order valence-electron chi connectivity index (χ1n) is 11.0. The van der Waals surface area contributed by atoms with E-state index in [0.717, 1.165) is 50.3 Å². The average molecular weight is 482 g/mol. The van der Waals surface area contributed by atoms with Gasteiger partial charge < -0.3 is 10.2 Å². The quantitative estimate of drug-likeness (QED) is 0.375. The Morgan fingerprint density at radius 1 is 1.11 bits per heavy atom. The summed E-state index contributed by atoms with van der Waals surface area (Å²) in [7, 11) is 0. The van der Waals surface area contributed by atoms with Gasteiger partial charge in [-0.1, -0.05) is 0 Å². The van der Waals surface area contributed by atoms with Gasteiger partial charge in [-0.15, -0.1) is 6.42 Å². The van der Waals surface area contributed by atoms with Crippen LogP contribution in [-0.2, 0) is 6.18 Å². The molecule has 1 aliphatic heterocycles. The summed E-state index contributed by atoms with van der Waals surface area (Å²) in [5.74, 6) is 0.925. The maximum atomic E-state index is 14.7. The van der Waals surface area contributed by atoms with E-state index < -0.39 is 29.2 Å². The Balaban J connectivity index is 1.68. The molecule has 0 spiro atoms. The normalized spacial score (nSPS) is 13.9. The van der Waals surface area contributed by atoms with Crippen molar-refractivity contribution in [2.45, 2.75) is 32.4 Å². The topological polar surface area (TPSA) is 58.1 Å². The lowest BCUT2D eigenvalue weighted by atomic mass is 9.99. The zero-order valence-electron chi connectivity index (χ0n) is 18.9. The minimum Gasteiger partial charge on any atom is -0.369 e. The number of hydrogen-bond acceptors (Lipinski definition) is 4. The molecule has 0 radical (unpaired) electrons. The molecule has 4 rings (SSSR count). The van der Waals surface area contributed by atoms with Crippen LogP contribution in [0.25, 0.3) is 11.1 Å². The van der Waals surface area contributed by atoms with Gasteiger partial charge in [0.15, 0.2) is 0 Å². The third-order valence-electron chi connectivity index (χ3n) is 5.89. The Labute approximate surface area is 200 Å². The fourth-order valence-electron chi connectivity index (χ4n) is 4.08. The summed E-state index contributed by atoms with van der Waals surface area (Å²) in [5, 5.41) is 2.34. The van der Waals surface area contributed by atoms with Crippen LogP contribution in [-0.4, -0.2) is 29.0 Å². The molecular weight excluding hydrogens is 460 g/mol. The first kappa shape index (κ1) is 24.2. The number of aryl methyl sites for hydroxylation is 1. The molecule has 35 heavy (non-hydrogen) atoms. The molecule has 1 aliphatic rings. The van der Waals surface area contributed by atoms with E-state index in [4.69, 9.17) is 6.42 Å². The Kier molecular flexibility index (Phi) is 6.74. The largest absolute Gasteiger partial charge is 0.416 e. The van der Waals surface area contributed by atoms with Crippen molar-refractivity contribution in [3.8, 4) is 23.5 Å². The van der Waals surface area contributed by atoms with Crippen molar-refractivity contribution >= 4 is 17.3 Å². The van der Waals surface area contributed by atoms with Crippen molar-refractivity contribution in [3.05, 3.63) is 71.1 Å². The van der Waals surface area contributed by atoms with Gasteiger partial charge in [0.2, 0.25) is 0 Å². The molecule has 0 atom stereocenters. The summed E-state index contributed by atoms with van der Waals surface area (Å²) in [6.45, 7) is 3.43. The number of terminal acetylenes is 1. The van der Waals surface area contributed by atoms with Crippen molar-refractivity contribution in [1.29, 1.82) is 0 Å². The third-order valence-corrected chi connectivity index (χ3v) is 5.89. The van der Waals surface area contributed by atoms with Crippen LogP contribution < -0.4 is 10.2 Å². The standard InChI is InChI=1S/C26H22F4N4O/c1-3-21-24(34-9-5-4-6-10-34)12-17(15-32-21)19-14-22(20(27)11-16(19)2)33-25(35)23-13-18(7-8-31-23)26(28,29)30/h1,7-8,11-15H,4-6,9-10H2,2H3,(H,33,35). The van der Waals surface area contributed by atoms with Gasteiger partial charge in [0.1, 0.15) is 17.2 Å². The van der Waals surface area contributed by atoms with Crippen molar-refractivity contribution in [2.24, 2.45) is 0 Å². The lowest BCUT2D eigenvalue weighted by Crippen LogP contribution is -2.30. The van der Waals surface area contributed by atoms with Gasteiger partial charge in [-0.2, -0.15) is 13.2 Å². The predicted molar refractivity (Wildman–Crippen MR) is 126 cm³/mol. The second-order valence-electron chi connectivity index (χ2n) is 8.31. The van der Waals surface area contributed by atoms with Gasteiger partial charge in [-0.25, -0.2) is 9.37 Å². The van der Waals surface area contributed by atoms with Crippen LogP contribution in [0.5, 0.6) is 0 Å². The number of nitrogens with one attached hydrogen (secondary N) is 1. The van der Waals surface area contributed by atoms with Crippen molar-refractivity contribution in [1.82, 2.24) is 9.97 Å². The van der Waals surface area contributed by atoms with Crippen LogP contribution in [0.3, 0.4) is 0 Å². The van der Waals surface area contributed by atoms with Gasteiger partial charge in [-0.3, -0.25) is 9.78 Å². The lowest BCUT2D eigenvalue weighted by Gasteiger charge is -2.29. The number of anilines is 2. The Morgan fingerprint density at radius 2 is 1.86 bits per heavy atom. The summed E-state index contributed by atoms with van der Waals surface area (Å²) in [6.07, 6.45) is 6.73. The number of carbonyl (C=O) groups excluding carboxylic acids is 1. The van der Waals surface area contributed by atoms with Gasteiger partial charge in [0, 0.05) is 31.0 Å². The zero-order chi connectivity index (χ0) is 25.2. The summed E-state index contributed by atoms with van der Waals surface area (Å²) in [5.41, 5.74) is 1.52. The SMILES string of the molecule is C#Cc1ncc(-c2cc(NC(=O)c3cc(C(F)(F)F)ccn3)c(F)cc2C)cc1N1CCCCC1. The van der Waals surface area contributed by atoms with Crippen LogP contribution in [0.2, 0.25) is 0 Å². The maximum Gasteiger partial charge on any atom is 0.416 e. The number of amides is 1. The van der Waals surface area contributed by atoms with Crippen LogP contribution in [0.1, 0.15) is 46.6 Å². The molecule has 0 saturated carbocycles. The van der Waals surface area contributed by atoms with Gasteiger partial charge in [-0.05, 0) is 73.6 Å². The predicted octanol–water partition coefficient (Wildman–Crippen LogP) is 5.83. The lowest BCUT2D eigenvalue weighted by molar-refractivity contribution is -0.137. The van der Waals surface area contributed by atoms with Crippen LogP contribution in [0.15, 0.2) is 42.7 Å². The van der Waals surface area contributed by atoms with E-state index in [1.165, 1.54) is 12.1 Å². The molecule has 1 aromatic carbocycles. The van der Waals surface area contributed by atoms with E-state index in [9.17, 15) is 22.4 Å². The van der Waals surface area contributed by atoms with Crippen molar-refractivity contribution in [3.63, 3.8) is 0 Å². The summed E-state index contributed by atoms with van der Waals surface area (Å²) in [6, 6.07) is 5.96. The van der Waals surface area contributed by atoms with Gasteiger partial charge in [0.05, 0.1) is 16.9 Å². The van der Waals surface area contributed by atoms with Gasteiger partial charge >= 0.3 is 6.18 Å². The number of halogens is 4. The molecule has 3 aromatic rings. The molecule has 180 valence electrons. The molecule has 1 N–H and O–H groups in total. The van der Waals surface area contributed by atoms with Crippen molar-refractivity contribution in [2.75, 3.05) is 23.3 Å². The molecule has 5 nitrogen and oxygen atoms in total. The number of alkyl halides is 3. The number of aromatic nitrogens is 2. The highest BCUT2D eigenvalue weighted by Gasteiger charge is 2.31. The van der Waals surface area contributed by atoms with Crippen LogP contribution >= 0.6 is 0 Å². The summed E-state index contributed by atoms with van der Waals surface area (Å²) in [4.78, 5) is 22.8. The Hall–Kier alpha value is -3.93. The summed E-state index contributed by atoms with van der Waals surface area (Å²) < 4.78 is 53.7. The monoisotopic (exact) mass is 482 g/mol. The van der Waals surface area contributed by atoms with E-state index in [1.807, 2.05) is 6.07 Å². The molecule has 2 aromatic heterocycles. The van der Waals surface area contributed by atoms with E-state index in [1.54, 1.807) is 13.1 Å². The first-order chi connectivity index (χ1) is 16.7. The molecule has 0 aliphatic carbocycles. The molecule has 1 saturated heterocycles. The number of rotatable bonds is 4. The number of benzene rings is 1. The summed E-state index contributed by atoms with van der Waals surface area (Å²) >= 11 is 0. The molecule has 3 heterocycles. The van der Waals surface area contributed by atoms with Gasteiger partial charge in [0.25, 0.3) is 5.91 Å². The van der Waals surface area contributed by atoms with Crippen molar-refractivity contribution < 1.29 is 22.4 Å². The van der Waals surface area contributed by atoms with E-state index in [0.29, 0.717) is 28.5 Å². The number of nitrogens with zero attached hydrogens (tertiary/aromatic N) is 3. The molecule has 0 unspecified atom stereocenters. The molecule has 0 bridgehead atoms. The highest BCUT2D eigenvalue weighted by molar-refractivity contribution is 6.03. The van der Waals surface area contributed by atoms with E-state index in [2.05, 4.69) is 26.1 Å². The third kappa shape index (κ3) is 5.27. The maximum absolute atomic E-state index is 14.7. The van der Waals surface area contributed by atoms with Crippen LogP contribution in [0.4, 0.5) is 28.9 Å². The van der Waals surface area contributed by atoms with Crippen LogP contribution in [0, 0.1) is 25.1 Å². The molecule has 1 amide bonds. The first-order valence-corrected chi connectivity index (χ1v) is 11.0.